The molecular formula is C14H38FNO. The van der Waals surface area contributed by atoms with Crippen molar-refractivity contribution in [3.63, 3.8) is 0 Å². The number of hydrogen-bond acceptors (Lipinski definition) is 2. The van der Waals surface area contributed by atoms with E-state index in [0.717, 1.165) is 0 Å². The van der Waals surface area contributed by atoms with Crippen LogP contribution in [0.25, 0.3) is 0 Å². The Bertz CT molecular complexity index is 67.9. The molecule has 0 radical (unpaired) electrons. The Labute approximate surface area is 110 Å². The van der Waals surface area contributed by atoms with E-state index in [1.807, 2.05) is 67.6 Å². The van der Waals surface area contributed by atoms with E-state index in [0.29, 0.717) is 5.92 Å². The first kappa shape index (κ1) is 30.1. The molecule has 0 amide bonds. The van der Waals surface area contributed by atoms with Crippen LogP contribution in [0.2, 0.25) is 0 Å². The van der Waals surface area contributed by atoms with E-state index in [-0.39, 0.29) is 12.8 Å². The third kappa shape index (κ3) is 205. The van der Waals surface area contributed by atoms with Crippen LogP contribution in [0.1, 0.15) is 55.4 Å². The molecule has 1 unspecified atom stereocenters. The zero-order valence-electron chi connectivity index (χ0n) is 14.1. The molecule has 0 aromatic rings. The number of alkyl halides is 1. The molecule has 0 aromatic heterocycles. The number of nitrogens with zero attached hydrogens (tertiary/aromatic N) is 1. The first-order chi connectivity index (χ1) is 7.79. The minimum atomic E-state index is -0.250. The number of hydrogen-bond donors (Lipinski definition) is 1. The predicted molar refractivity (Wildman–Crippen MR) is 80.5 cm³/mol. The van der Waals surface area contributed by atoms with Gasteiger partial charge in [-0.15, -0.1) is 0 Å². The fraction of sp³-hybridized carbons (Fsp3) is 1.00. The Morgan fingerprint density at radius 1 is 0.941 bits per heavy atom. The lowest BCUT2D eigenvalue weighted by atomic mass is 10.1. The van der Waals surface area contributed by atoms with Gasteiger partial charge in [-0.25, -0.2) is 0 Å². The summed E-state index contributed by atoms with van der Waals surface area (Å²) >= 11 is 0. The first-order valence-electron chi connectivity index (χ1n) is 6.64. The fourth-order valence-corrected chi connectivity index (χ4v) is 0. The summed E-state index contributed by atoms with van der Waals surface area (Å²) in [5.41, 5.74) is 0. The molecule has 0 heterocycles. The summed E-state index contributed by atoms with van der Waals surface area (Å²) in [6.45, 7) is 15.0. The first-order valence-corrected chi connectivity index (χ1v) is 6.64. The topological polar surface area (TPSA) is 23.5 Å². The largest absolute Gasteiger partial charge is 0.393 e. The molecule has 17 heavy (non-hydrogen) atoms. The Morgan fingerprint density at radius 2 is 1.00 bits per heavy atom. The Hall–Kier alpha value is -0.150. The molecule has 0 aromatic carbocycles. The van der Waals surface area contributed by atoms with E-state index in [2.05, 4.69) is 0 Å². The predicted octanol–water partition coefficient (Wildman–Crippen LogP) is 4.23. The van der Waals surface area contributed by atoms with Crippen molar-refractivity contribution in [2.75, 3.05) is 27.8 Å². The summed E-state index contributed by atoms with van der Waals surface area (Å²) in [6, 6.07) is 0. The standard InChI is InChI=1S/C5H12O.C3H9N.C2H5F.2C2H6/c1-4(2)5(3)6;1-4(2)3;1-2-3;2*1-2/h4-6H,1-3H3;1-3H3;2H2,1H3;2*1-2H3. The molecule has 0 spiro atoms. The summed E-state index contributed by atoms with van der Waals surface area (Å²) in [4.78, 5) is 2.00. The highest BCUT2D eigenvalue weighted by molar-refractivity contribution is 4.48. The summed E-state index contributed by atoms with van der Waals surface area (Å²) < 4.78 is 10.3. The van der Waals surface area contributed by atoms with Crippen molar-refractivity contribution >= 4 is 0 Å². The van der Waals surface area contributed by atoms with Gasteiger partial charge in [0, 0.05) is 0 Å². The van der Waals surface area contributed by atoms with E-state index in [1.165, 1.54) is 6.92 Å². The van der Waals surface area contributed by atoms with Crippen molar-refractivity contribution in [3.05, 3.63) is 0 Å². The lowest BCUT2D eigenvalue weighted by Crippen LogP contribution is -2.07. The van der Waals surface area contributed by atoms with Crippen LogP contribution in [-0.2, 0) is 0 Å². The second kappa shape index (κ2) is 36.0. The number of rotatable bonds is 1. The molecule has 2 nitrogen and oxygen atoms in total. The third-order valence-electron chi connectivity index (χ3n) is 0.965. The average Bonchev–Trinajstić information content (AvgIpc) is 2.24. The van der Waals surface area contributed by atoms with E-state index in [1.54, 1.807) is 6.92 Å². The summed E-state index contributed by atoms with van der Waals surface area (Å²) in [5.74, 6) is 0.407. The van der Waals surface area contributed by atoms with Crippen LogP contribution in [0.4, 0.5) is 4.39 Å². The van der Waals surface area contributed by atoms with E-state index >= 15 is 0 Å². The maximum absolute atomic E-state index is 10.3. The molecule has 0 aliphatic carbocycles. The van der Waals surface area contributed by atoms with Crippen molar-refractivity contribution in [1.82, 2.24) is 4.90 Å². The zero-order chi connectivity index (χ0) is 15.4. The Kier molecular flexibility index (Phi) is 63.9. The lowest BCUT2D eigenvalue weighted by molar-refractivity contribution is 0.144. The summed E-state index contributed by atoms with van der Waals surface area (Å²) in [6.07, 6.45) is -0.148. The Morgan fingerprint density at radius 3 is 1.00 bits per heavy atom. The molecule has 0 rings (SSSR count). The number of halogens is 1. The second-order valence-electron chi connectivity index (χ2n) is 3.59. The van der Waals surface area contributed by atoms with Gasteiger partial charge >= 0.3 is 0 Å². The van der Waals surface area contributed by atoms with Crippen LogP contribution >= 0.6 is 0 Å². The highest BCUT2D eigenvalue weighted by Crippen LogP contribution is 1.96. The maximum Gasteiger partial charge on any atom is 0.0866 e. The molecule has 0 saturated heterocycles. The molecule has 0 fully saturated rings. The Balaban J connectivity index is -0.0000000385. The molecule has 1 atom stereocenters. The van der Waals surface area contributed by atoms with E-state index in [4.69, 9.17) is 5.11 Å². The van der Waals surface area contributed by atoms with Crippen LogP contribution in [0.5, 0.6) is 0 Å². The van der Waals surface area contributed by atoms with Crippen LogP contribution in [0.3, 0.4) is 0 Å². The van der Waals surface area contributed by atoms with Gasteiger partial charge in [-0.05, 0) is 40.9 Å². The highest BCUT2D eigenvalue weighted by Gasteiger charge is 1.97. The van der Waals surface area contributed by atoms with Gasteiger partial charge in [-0.1, -0.05) is 41.5 Å². The van der Waals surface area contributed by atoms with Crippen molar-refractivity contribution in [2.24, 2.45) is 5.92 Å². The molecule has 0 saturated carbocycles. The fourth-order valence-electron chi connectivity index (χ4n) is 0. The van der Waals surface area contributed by atoms with Gasteiger partial charge in [0.2, 0.25) is 0 Å². The maximum atomic E-state index is 10.3. The second-order valence-corrected chi connectivity index (χ2v) is 3.59. The molecule has 1 N–H and O–H groups in total. The normalized spacial score (nSPS) is 9.35. The van der Waals surface area contributed by atoms with Gasteiger partial charge in [-0.3, -0.25) is 4.39 Å². The van der Waals surface area contributed by atoms with Gasteiger partial charge in [0.15, 0.2) is 0 Å². The van der Waals surface area contributed by atoms with Crippen molar-refractivity contribution < 1.29 is 9.50 Å². The molecule has 0 aliphatic rings. The monoisotopic (exact) mass is 255 g/mol. The van der Waals surface area contributed by atoms with Crippen molar-refractivity contribution in [2.45, 2.75) is 61.5 Å². The molecule has 112 valence electrons. The van der Waals surface area contributed by atoms with Crippen molar-refractivity contribution in [1.29, 1.82) is 0 Å². The summed E-state index contributed by atoms with van der Waals surface area (Å²) in [7, 11) is 6.00. The highest BCUT2D eigenvalue weighted by atomic mass is 19.1. The van der Waals surface area contributed by atoms with Crippen LogP contribution < -0.4 is 0 Å². The minimum Gasteiger partial charge on any atom is -0.393 e. The van der Waals surface area contributed by atoms with Crippen LogP contribution in [0, 0.1) is 5.92 Å². The van der Waals surface area contributed by atoms with Crippen LogP contribution in [-0.4, -0.2) is 43.9 Å². The van der Waals surface area contributed by atoms with Crippen LogP contribution in [0.15, 0.2) is 0 Å². The zero-order valence-corrected chi connectivity index (χ0v) is 14.1. The van der Waals surface area contributed by atoms with Gasteiger partial charge in [0.1, 0.15) is 0 Å². The average molecular weight is 255 g/mol. The smallest absolute Gasteiger partial charge is 0.0866 e. The van der Waals surface area contributed by atoms with Gasteiger partial charge in [0.05, 0.1) is 12.8 Å². The third-order valence-corrected chi connectivity index (χ3v) is 0.965. The van der Waals surface area contributed by atoms with Gasteiger partial charge in [-0.2, -0.15) is 0 Å². The molecule has 3 heteroatoms. The number of aliphatic hydroxyl groups excluding tert-OH is 1. The van der Waals surface area contributed by atoms with Gasteiger partial charge in [0.25, 0.3) is 0 Å². The lowest BCUT2D eigenvalue weighted by Gasteiger charge is -2.04. The quantitative estimate of drug-likeness (QED) is 0.758. The van der Waals surface area contributed by atoms with Gasteiger partial charge < -0.3 is 10.0 Å². The van der Waals surface area contributed by atoms with Crippen molar-refractivity contribution in [3.8, 4) is 0 Å². The molecule has 0 aliphatic heterocycles. The van der Waals surface area contributed by atoms with E-state index in [9.17, 15) is 4.39 Å². The number of aliphatic hydroxyl groups is 1. The summed E-state index contributed by atoms with van der Waals surface area (Å²) in [5, 5.41) is 8.63. The SMILES string of the molecule is CC.CC.CC(C)C(C)O.CCF.CN(C)C. The van der Waals surface area contributed by atoms with E-state index < -0.39 is 0 Å². The molecule has 0 bridgehead atoms. The minimum absolute atomic E-state index is 0.148. The molecular weight excluding hydrogens is 217 g/mol.